The smallest absolute Gasteiger partial charge is 0.407 e. The zero-order chi connectivity index (χ0) is 21.8. The molecular formula is C25H32N2O4. The van der Waals surface area contributed by atoms with Crippen molar-refractivity contribution in [3.05, 3.63) is 40.1 Å². The van der Waals surface area contributed by atoms with E-state index in [0.29, 0.717) is 17.5 Å². The van der Waals surface area contributed by atoms with Crippen LogP contribution in [0.1, 0.15) is 69.9 Å². The summed E-state index contributed by atoms with van der Waals surface area (Å²) in [5, 5.41) is 3.40. The standard InChI is InChI=1S/C25H32N2O4/c1-14(2)21(22-26-19-6-4-5-15(3)20(19)23(28)31-22)27-24(29)30-13-25-10-16-7-17(11-25)9-18(8-16)12-25/h4-6,14,16-18,21H,7-13H2,1-3H3,(H,27,29)/t16?,17?,18?,21-,25?/m0/s1. The van der Waals surface area contributed by atoms with E-state index in [4.69, 9.17) is 9.15 Å². The third-order valence-electron chi connectivity index (χ3n) is 7.76. The molecule has 31 heavy (non-hydrogen) atoms. The van der Waals surface area contributed by atoms with Gasteiger partial charge in [0.05, 0.1) is 17.5 Å². The van der Waals surface area contributed by atoms with Crippen molar-refractivity contribution in [3.63, 3.8) is 0 Å². The van der Waals surface area contributed by atoms with Gasteiger partial charge in [0.15, 0.2) is 0 Å². The van der Waals surface area contributed by atoms with E-state index in [0.717, 1.165) is 23.3 Å². The first-order valence-corrected chi connectivity index (χ1v) is 11.7. The van der Waals surface area contributed by atoms with Crippen LogP contribution in [0.25, 0.3) is 10.9 Å². The second-order valence-electron chi connectivity index (χ2n) is 10.7. The van der Waals surface area contributed by atoms with Gasteiger partial charge in [0.1, 0.15) is 6.04 Å². The van der Waals surface area contributed by atoms with Gasteiger partial charge in [-0.05, 0) is 80.8 Å². The van der Waals surface area contributed by atoms with E-state index >= 15 is 0 Å². The highest BCUT2D eigenvalue weighted by Crippen LogP contribution is 2.60. The maximum atomic E-state index is 12.7. The number of aryl methyl sites for hydroxylation is 1. The van der Waals surface area contributed by atoms with E-state index in [-0.39, 0.29) is 17.2 Å². The summed E-state index contributed by atoms with van der Waals surface area (Å²) in [5.41, 5.74) is 1.16. The highest BCUT2D eigenvalue weighted by molar-refractivity contribution is 5.80. The van der Waals surface area contributed by atoms with E-state index < -0.39 is 17.8 Å². The van der Waals surface area contributed by atoms with Crippen LogP contribution in [0.5, 0.6) is 0 Å². The molecular weight excluding hydrogens is 392 g/mol. The van der Waals surface area contributed by atoms with Gasteiger partial charge in [-0.15, -0.1) is 0 Å². The molecule has 4 aliphatic carbocycles. The molecule has 1 N–H and O–H groups in total. The van der Waals surface area contributed by atoms with Crippen molar-refractivity contribution < 1.29 is 13.9 Å². The molecule has 1 atom stereocenters. The summed E-state index contributed by atoms with van der Waals surface area (Å²) in [6.45, 7) is 6.28. The van der Waals surface area contributed by atoms with Gasteiger partial charge in [-0.25, -0.2) is 14.6 Å². The third kappa shape index (κ3) is 3.85. The number of nitrogens with zero attached hydrogens (tertiary/aromatic N) is 1. The number of hydrogen-bond donors (Lipinski definition) is 1. The SMILES string of the molecule is Cc1cccc2nc([C@@H](NC(=O)OCC34CC5CC(CC(C5)C3)C4)C(C)C)oc(=O)c12. The molecule has 0 unspecified atom stereocenters. The Morgan fingerprint density at radius 1 is 1.19 bits per heavy atom. The van der Waals surface area contributed by atoms with E-state index in [1.54, 1.807) is 6.07 Å². The van der Waals surface area contributed by atoms with E-state index in [2.05, 4.69) is 10.3 Å². The molecule has 1 aromatic heterocycles. The molecule has 166 valence electrons. The molecule has 4 fully saturated rings. The van der Waals surface area contributed by atoms with Crippen LogP contribution < -0.4 is 10.9 Å². The molecule has 1 heterocycles. The first kappa shape index (κ1) is 20.5. The number of carbonyl (C=O) groups excluding carboxylic acids is 1. The Morgan fingerprint density at radius 2 is 1.84 bits per heavy atom. The first-order valence-electron chi connectivity index (χ1n) is 11.7. The van der Waals surface area contributed by atoms with Crippen molar-refractivity contribution in [2.24, 2.45) is 29.1 Å². The Morgan fingerprint density at radius 3 is 2.45 bits per heavy atom. The highest BCUT2D eigenvalue weighted by atomic mass is 16.5. The number of carbonyl (C=O) groups is 1. The Hall–Kier alpha value is -2.37. The number of hydrogen-bond acceptors (Lipinski definition) is 5. The lowest BCUT2D eigenvalue weighted by atomic mass is 9.50. The number of rotatable bonds is 5. The molecule has 4 bridgehead atoms. The molecule has 1 amide bonds. The maximum absolute atomic E-state index is 12.7. The third-order valence-corrected chi connectivity index (χ3v) is 7.76. The molecule has 0 aliphatic heterocycles. The zero-order valence-corrected chi connectivity index (χ0v) is 18.6. The quantitative estimate of drug-likeness (QED) is 0.719. The average Bonchev–Trinajstić information content (AvgIpc) is 2.69. The van der Waals surface area contributed by atoms with Crippen LogP contribution in [0.15, 0.2) is 27.4 Å². The summed E-state index contributed by atoms with van der Waals surface area (Å²) < 4.78 is 11.3. The topological polar surface area (TPSA) is 81.4 Å². The van der Waals surface area contributed by atoms with Gasteiger partial charge >= 0.3 is 11.7 Å². The van der Waals surface area contributed by atoms with Gasteiger partial charge in [-0.2, -0.15) is 0 Å². The van der Waals surface area contributed by atoms with E-state index in [9.17, 15) is 9.59 Å². The van der Waals surface area contributed by atoms with Crippen LogP contribution in [-0.2, 0) is 4.74 Å². The monoisotopic (exact) mass is 424 g/mol. The second-order valence-corrected chi connectivity index (χ2v) is 10.7. The predicted octanol–water partition coefficient (Wildman–Crippen LogP) is 5.14. The Bertz CT molecular complexity index is 1020. The minimum absolute atomic E-state index is 0.00925. The number of aromatic nitrogens is 1. The average molecular weight is 425 g/mol. The molecule has 6 heteroatoms. The summed E-state index contributed by atoms with van der Waals surface area (Å²) in [5.74, 6) is 2.68. The molecule has 4 saturated carbocycles. The summed E-state index contributed by atoms with van der Waals surface area (Å²) in [7, 11) is 0. The van der Waals surface area contributed by atoms with Crippen molar-refractivity contribution in [1.29, 1.82) is 0 Å². The Kier molecular flexibility index (Phi) is 5.06. The molecule has 2 aromatic rings. The normalized spacial score (nSPS) is 30.0. The van der Waals surface area contributed by atoms with Gasteiger partial charge in [0.2, 0.25) is 5.89 Å². The fourth-order valence-electron chi connectivity index (χ4n) is 6.80. The number of ether oxygens (including phenoxy) is 1. The summed E-state index contributed by atoms with van der Waals surface area (Å²) >= 11 is 0. The molecule has 6 nitrogen and oxygen atoms in total. The van der Waals surface area contributed by atoms with E-state index in [1.807, 2.05) is 32.9 Å². The van der Waals surface area contributed by atoms with Crippen LogP contribution >= 0.6 is 0 Å². The van der Waals surface area contributed by atoms with Crippen LogP contribution in [-0.4, -0.2) is 17.7 Å². The Balaban J connectivity index is 1.30. The van der Waals surface area contributed by atoms with Gasteiger partial charge in [-0.3, -0.25) is 0 Å². The lowest BCUT2D eigenvalue weighted by molar-refractivity contribution is -0.0823. The molecule has 0 spiro atoms. The van der Waals surface area contributed by atoms with Crippen LogP contribution in [0.3, 0.4) is 0 Å². The van der Waals surface area contributed by atoms with Gasteiger partial charge in [0.25, 0.3) is 0 Å². The van der Waals surface area contributed by atoms with Crippen LogP contribution in [0.2, 0.25) is 0 Å². The second kappa shape index (κ2) is 7.64. The minimum atomic E-state index is -0.526. The number of amides is 1. The zero-order valence-electron chi connectivity index (χ0n) is 18.6. The summed E-state index contributed by atoms with van der Waals surface area (Å²) in [4.78, 5) is 29.9. The largest absolute Gasteiger partial charge is 0.449 e. The van der Waals surface area contributed by atoms with Crippen molar-refractivity contribution >= 4 is 17.0 Å². The highest BCUT2D eigenvalue weighted by Gasteiger charge is 2.51. The van der Waals surface area contributed by atoms with Crippen molar-refractivity contribution in [2.75, 3.05) is 6.61 Å². The lowest BCUT2D eigenvalue weighted by Crippen LogP contribution is -2.49. The molecule has 1 aromatic carbocycles. The number of alkyl carbamates (subject to hydrolysis) is 1. The maximum Gasteiger partial charge on any atom is 0.407 e. The van der Waals surface area contributed by atoms with Gasteiger partial charge < -0.3 is 14.5 Å². The summed E-state index contributed by atoms with van der Waals surface area (Å²) in [6, 6.07) is 5.00. The van der Waals surface area contributed by atoms with E-state index in [1.165, 1.54) is 38.5 Å². The fourth-order valence-corrected chi connectivity index (χ4v) is 6.80. The lowest BCUT2D eigenvalue weighted by Gasteiger charge is -2.56. The molecule has 0 saturated heterocycles. The fraction of sp³-hybridized carbons (Fsp3) is 0.640. The van der Waals surface area contributed by atoms with Crippen molar-refractivity contribution in [3.8, 4) is 0 Å². The molecule has 4 aliphatic rings. The minimum Gasteiger partial charge on any atom is -0.449 e. The Labute approximate surface area is 182 Å². The molecule has 0 radical (unpaired) electrons. The van der Waals surface area contributed by atoms with Crippen LogP contribution in [0, 0.1) is 36.0 Å². The van der Waals surface area contributed by atoms with Crippen molar-refractivity contribution in [1.82, 2.24) is 10.3 Å². The van der Waals surface area contributed by atoms with Gasteiger partial charge in [-0.1, -0.05) is 26.0 Å². The number of nitrogens with one attached hydrogen (secondary N) is 1. The number of benzene rings is 1. The van der Waals surface area contributed by atoms with Crippen LogP contribution in [0.4, 0.5) is 4.79 Å². The first-order chi connectivity index (χ1) is 14.8. The van der Waals surface area contributed by atoms with Gasteiger partial charge in [0, 0.05) is 5.41 Å². The number of fused-ring (bicyclic) bond motifs is 1. The predicted molar refractivity (Wildman–Crippen MR) is 118 cm³/mol. The van der Waals surface area contributed by atoms with Crippen molar-refractivity contribution in [2.45, 2.75) is 65.3 Å². The summed E-state index contributed by atoms with van der Waals surface area (Å²) in [6.07, 6.45) is 7.23. The molecule has 6 rings (SSSR count).